The van der Waals surface area contributed by atoms with Crippen molar-refractivity contribution in [3.05, 3.63) is 0 Å². The lowest BCUT2D eigenvalue weighted by Gasteiger charge is -2.29. The molecule has 104 valence electrons. The van der Waals surface area contributed by atoms with Gasteiger partial charge in [-0.1, -0.05) is 20.3 Å². The average molecular weight is 256 g/mol. The molecule has 1 fully saturated rings. The van der Waals surface area contributed by atoms with Crippen molar-refractivity contribution in [1.29, 1.82) is 0 Å². The molecule has 0 aromatic rings. The van der Waals surface area contributed by atoms with Gasteiger partial charge in [0.25, 0.3) is 0 Å². The van der Waals surface area contributed by atoms with Gasteiger partial charge in [0.1, 0.15) is 6.04 Å². The molecule has 0 aromatic carbocycles. The molecule has 1 saturated heterocycles. The highest BCUT2D eigenvalue weighted by Gasteiger charge is 2.29. The second-order valence-corrected chi connectivity index (χ2v) is 5.29. The van der Waals surface area contributed by atoms with Crippen LogP contribution in [0, 0.1) is 11.8 Å². The molecule has 5 heteroatoms. The first-order valence-corrected chi connectivity index (χ1v) is 6.67. The summed E-state index contributed by atoms with van der Waals surface area (Å²) in [6.45, 7) is 5.59. The molecule has 0 spiro atoms. The van der Waals surface area contributed by atoms with Gasteiger partial charge in [0.2, 0.25) is 5.91 Å². The van der Waals surface area contributed by atoms with Crippen molar-refractivity contribution in [2.75, 3.05) is 20.1 Å². The van der Waals surface area contributed by atoms with Crippen LogP contribution < -0.4 is 5.32 Å². The lowest BCUT2D eigenvalue weighted by molar-refractivity contribution is -0.144. The molecule has 0 aromatic heterocycles. The van der Waals surface area contributed by atoms with Gasteiger partial charge in [0.05, 0.1) is 0 Å². The molecular weight excluding hydrogens is 232 g/mol. The number of hydrogen-bond donors (Lipinski definition) is 2. The van der Waals surface area contributed by atoms with Crippen molar-refractivity contribution in [3.8, 4) is 0 Å². The molecule has 0 saturated carbocycles. The Morgan fingerprint density at radius 2 is 1.94 bits per heavy atom. The minimum Gasteiger partial charge on any atom is -0.480 e. The first-order valence-electron chi connectivity index (χ1n) is 6.67. The first-order chi connectivity index (χ1) is 8.45. The van der Waals surface area contributed by atoms with E-state index in [9.17, 15) is 9.59 Å². The number of carbonyl (C=O) groups excluding carboxylic acids is 1. The van der Waals surface area contributed by atoms with Crippen LogP contribution in [-0.2, 0) is 9.59 Å². The predicted molar refractivity (Wildman–Crippen MR) is 69.2 cm³/mol. The Kier molecular flexibility index (Phi) is 5.59. The average Bonchev–Trinajstić information content (AvgIpc) is 2.35. The number of carboxylic acid groups (broad SMARTS) is 1. The maximum Gasteiger partial charge on any atom is 0.326 e. The van der Waals surface area contributed by atoms with E-state index in [-0.39, 0.29) is 17.7 Å². The van der Waals surface area contributed by atoms with Crippen LogP contribution in [0.3, 0.4) is 0 Å². The highest BCUT2D eigenvalue weighted by Crippen LogP contribution is 2.17. The van der Waals surface area contributed by atoms with E-state index in [0.29, 0.717) is 0 Å². The van der Waals surface area contributed by atoms with Crippen molar-refractivity contribution in [1.82, 2.24) is 10.2 Å². The fourth-order valence-electron chi connectivity index (χ4n) is 2.22. The van der Waals surface area contributed by atoms with E-state index < -0.39 is 12.0 Å². The van der Waals surface area contributed by atoms with Gasteiger partial charge in [-0.2, -0.15) is 0 Å². The van der Waals surface area contributed by atoms with Gasteiger partial charge in [0, 0.05) is 5.92 Å². The van der Waals surface area contributed by atoms with E-state index in [4.69, 9.17) is 5.11 Å². The van der Waals surface area contributed by atoms with Gasteiger partial charge in [-0.25, -0.2) is 4.79 Å². The molecule has 0 radical (unpaired) electrons. The Balaban J connectivity index is 2.53. The van der Waals surface area contributed by atoms with Crippen LogP contribution in [0.2, 0.25) is 0 Å². The number of aliphatic carboxylic acids is 1. The maximum atomic E-state index is 12.0. The molecular formula is C13H24N2O3. The van der Waals surface area contributed by atoms with E-state index in [1.54, 1.807) is 0 Å². The highest BCUT2D eigenvalue weighted by molar-refractivity contribution is 5.85. The third-order valence-electron chi connectivity index (χ3n) is 3.87. The predicted octanol–water partition coefficient (Wildman–Crippen LogP) is 0.944. The molecule has 2 N–H and O–H groups in total. The Bertz CT molecular complexity index is 299. The summed E-state index contributed by atoms with van der Waals surface area (Å²) in [5, 5.41) is 11.8. The molecule has 18 heavy (non-hydrogen) atoms. The first kappa shape index (κ1) is 15.0. The molecule has 5 nitrogen and oxygen atoms in total. The number of amides is 1. The molecule has 0 bridgehead atoms. The monoisotopic (exact) mass is 256 g/mol. The summed E-state index contributed by atoms with van der Waals surface area (Å²) in [7, 11) is 2.04. The van der Waals surface area contributed by atoms with E-state index in [1.807, 2.05) is 20.9 Å². The minimum absolute atomic E-state index is 0.0351. The van der Waals surface area contributed by atoms with Crippen LogP contribution in [0.4, 0.5) is 0 Å². The smallest absolute Gasteiger partial charge is 0.326 e. The number of nitrogens with one attached hydrogen (secondary N) is 1. The lowest BCUT2D eigenvalue weighted by atomic mass is 9.94. The number of hydrogen-bond acceptors (Lipinski definition) is 3. The van der Waals surface area contributed by atoms with E-state index in [1.165, 1.54) is 0 Å². The van der Waals surface area contributed by atoms with E-state index in [0.717, 1.165) is 32.4 Å². The van der Waals surface area contributed by atoms with Gasteiger partial charge in [-0.15, -0.1) is 0 Å². The number of carbonyl (C=O) groups is 2. The zero-order valence-electron chi connectivity index (χ0n) is 11.5. The summed E-state index contributed by atoms with van der Waals surface area (Å²) in [6, 6.07) is -0.762. The molecule has 1 aliphatic heterocycles. The van der Waals surface area contributed by atoms with Crippen molar-refractivity contribution in [2.24, 2.45) is 11.8 Å². The van der Waals surface area contributed by atoms with Crippen LogP contribution in [0.15, 0.2) is 0 Å². The van der Waals surface area contributed by atoms with Gasteiger partial charge in [-0.05, 0) is 38.9 Å². The fourth-order valence-corrected chi connectivity index (χ4v) is 2.22. The summed E-state index contributed by atoms with van der Waals surface area (Å²) in [6.07, 6.45) is 2.37. The van der Waals surface area contributed by atoms with E-state index in [2.05, 4.69) is 10.2 Å². The van der Waals surface area contributed by atoms with Crippen LogP contribution in [0.1, 0.15) is 33.1 Å². The number of rotatable bonds is 5. The number of piperidine rings is 1. The second-order valence-electron chi connectivity index (χ2n) is 5.29. The lowest BCUT2D eigenvalue weighted by Crippen LogP contribution is -2.48. The normalized spacial score (nSPS) is 21.3. The van der Waals surface area contributed by atoms with Crippen LogP contribution in [-0.4, -0.2) is 48.1 Å². The summed E-state index contributed by atoms with van der Waals surface area (Å²) in [4.78, 5) is 25.4. The number of carboxylic acids is 1. The summed E-state index contributed by atoms with van der Waals surface area (Å²) >= 11 is 0. The van der Waals surface area contributed by atoms with Crippen molar-refractivity contribution in [3.63, 3.8) is 0 Å². The van der Waals surface area contributed by atoms with Gasteiger partial charge in [0.15, 0.2) is 0 Å². The Morgan fingerprint density at radius 1 is 1.39 bits per heavy atom. The Labute approximate surface area is 109 Å². The molecule has 1 amide bonds. The third-order valence-corrected chi connectivity index (χ3v) is 3.87. The minimum atomic E-state index is -0.939. The molecule has 0 unspecified atom stereocenters. The molecule has 2 atom stereocenters. The third kappa shape index (κ3) is 3.98. The maximum absolute atomic E-state index is 12.0. The van der Waals surface area contributed by atoms with Crippen LogP contribution in [0.25, 0.3) is 0 Å². The summed E-state index contributed by atoms with van der Waals surface area (Å²) < 4.78 is 0. The topological polar surface area (TPSA) is 69.6 Å². The van der Waals surface area contributed by atoms with Gasteiger partial charge >= 0.3 is 5.97 Å². The van der Waals surface area contributed by atoms with Crippen molar-refractivity contribution >= 4 is 11.9 Å². The van der Waals surface area contributed by atoms with Gasteiger partial charge < -0.3 is 15.3 Å². The Morgan fingerprint density at radius 3 is 2.39 bits per heavy atom. The summed E-state index contributed by atoms with van der Waals surface area (Å²) in [5.74, 6) is -1.12. The molecule has 1 rings (SSSR count). The molecule has 1 heterocycles. The Hall–Kier alpha value is -1.10. The van der Waals surface area contributed by atoms with Crippen molar-refractivity contribution < 1.29 is 14.7 Å². The zero-order chi connectivity index (χ0) is 13.7. The number of likely N-dealkylation sites (tertiary alicyclic amines) is 1. The molecule has 0 aliphatic carbocycles. The van der Waals surface area contributed by atoms with Crippen LogP contribution in [0.5, 0.6) is 0 Å². The van der Waals surface area contributed by atoms with Crippen molar-refractivity contribution in [2.45, 2.75) is 39.2 Å². The zero-order valence-corrected chi connectivity index (χ0v) is 11.5. The van der Waals surface area contributed by atoms with E-state index >= 15 is 0 Å². The standard InChI is InChI=1S/C13H24N2O3/c1-4-9(2)11(13(17)18)14-12(16)10-5-7-15(3)8-6-10/h9-11H,4-8H2,1-3H3,(H,14,16)(H,17,18)/t9-,11-/m0/s1. The number of nitrogens with zero attached hydrogens (tertiary/aromatic N) is 1. The fraction of sp³-hybridized carbons (Fsp3) is 0.846. The quantitative estimate of drug-likeness (QED) is 0.768. The second kappa shape index (κ2) is 6.73. The summed E-state index contributed by atoms with van der Waals surface area (Å²) in [5.41, 5.74) is 0. The molecule has 1 aliphatic rings. The SMILES string of the molecule is CC[C@H](C)[C@H](NC(=O)C1CCN(C)CC1)C(=O)O. The highest BCUT2D eigenvalue weighted by atomic mass is 16.4. The van der Waals surface area contributed by atoms with Gasteiger partial charge in [-0.3, -0.25) is 4.79 Å². The van der Waals surface area contributed by atoms with Crippen LogP contribution >= 0.6 is 0 Å². The largest absolute Gasteiger partial charge is 0.480 e.